The molecular weight excluding hydrogens is 791 g/mol. The van der Waals surface area contributed by atoms with Crippen LogP contribution in [0.4, 0.5) is 0 Å². The zero-order valence-corrected chi connectivity index (χ0v) is 42.8. The van der Waals surface area contributed by atoms with E-state index in [1.165, 1.54) is 218 Å². The van der Waals surface area contributed by atoms with Gasteiger partial charge >= 0.3 is 5.97 Å². The van der Waals surface area contributed by atoms with Crippen LogP contribution < -0.4 is 5.32 Å². The van der Waals surface area contributed by atoms with Crippen LogP contribution in [0.3, 0.4) is 0 Å². The third-order valence-electron chi connectivity index (χ3n) is 12.9. The fourth-order valence-electron chi connectivity index (χ4n) is 8.55. The molecule has 2 atom stereocenters. The number of unbranched alkanes of at least 4 members (excludes halogenated alkanes) is 37. The third kappa shape index (κ3) is 49.5. The van der Waals surface area contributed by atoms with Crippen molar-refractivity contribution in [1.29, 1.82) is 0 Å². The van der Waals surface area contributed by atoms with Gasteiger partial charge in [-0.25, -0.2) is 0 Å². The van der Waals surface area contributed by atoms with Crippen molar-refractivity contribution >= 4 is 11.9 Å². The number of carbonyl (C=O) groups excluding carboxylic acids is 2. The summed E-state index contributed by atoms with van der Waals surface area (Å²) in [5.74, 6) is -0.0755. The van der Waals surface area contributed by atoms with E-state index in [1.807, 2.05) is 6.08 Å². The van der Waals surface area contributed by atoms with Gasteiger partial charge in [-0.3, -0.25) is 9.59 Å². The van der Waals surface area contributed by atoms with E-state index in [1.54, 1.807) is 6.08 Å². The van der Waals surface area contributed by atoms with Gasteiger partial charge < -0.3 is 20.3 Å². The molecular formula is C58H109NO5. The Labute approximate surface area is 398 Å². The lowest BCUT2D eigenvalue weighted by atomic mass is 10.0. The van der Waals surface area contributed by atoms with Crippen LogP contribution >= 0.6 is 0 Å². The molecule has 0 saturated heterocycles. The Kier molecular flexibility index (Phi) is 52.1. The van der Waals surface area contributed by atoms with Gasteiger partial charge in [-0.05, 0) is 64.2 Å². The van der Waals surface area contributed by atoms with Crippen molar-refractivity contribution in [2.45, 2.75) is 309 Å². The minimum atomic E-state index is -0.844. The Bertz CT molecular complexity index is 1040. The molecule has 1 amide bonds. The van der Waals surface area contributed by atoms with Gasteiger partial charge in [0, 0.05) is 12.8 Å². The van der Waals surface area contributed by atoms with Gasteiger partial charge in [-0.15, -0.1) is 0 Å². The second-order valence-corrected chi connectivity index (χ2v) is 19.3. The largest absolute Gasteiger partial charge is 0.466 e. The van der Waals surface area contributed by atoms with Gasteiger partial charge in [0.05, 0.1) is 25.4 Å². The highest BCUT2D eigenvalue weighted by Gasteiger charge is 2.18. The SMILES string of the molecule is CCCCCC/C=C\C/C=C\CCCCCCCC(=O)OCCCCCCCCCCCCCCCCCCCCCCC(=O)NC(CO)C(O)/C=C/CCCCCCCCCCC. The second-order valence-electron chi connectivity index (χ2n) is 19.3. The molecule has 0 aliphatic carbocycles. The molecule has 3 N–H and O–H groups in total. The van der Waals surface area contributed by atoms with E-state index in [0.717, 1.165) is 51.4 Å². The van der Waals surface area contributed by atoms with E-state index in [4.69, 9.17) is 4.74 Å². The van der Waals surface area contributed by atoms with Gasteiger partial charge in [-0.1, -0.05) is 256 Å². The Morgan fingerprint density at radius 1 is 0.438 bits per heavy atom. The molecule has 0 aliphatic heterocycles. The number of aliphatic hydroxyl groups excluding tert-OH is 2. The third-order valence-corrected chi connectivity index (χ3v) is 12.9. The topological polar surface area (TPSA) is 95.9 Å². The molecule has 2 unspecified atom stereocenters. The number of nitrogens with one attached hydrogen (secondary N) is 1. The summed E-state index contributed by atoms with van der Waals surface area (Å²) < 4.78 is 5.47. The average Bonchev–Trinajstić information content (AvgIpc) is 3.29. The zero-order valence-electron chi connectivity index (χ0n) is 42.8. The van der Waals surface area contributed by atoms with Crippen molar-refractivity contribution in [2.75, 3.05) is 13.2 Å². The molecule has 0 fully saturated rings. The number of allylic oxidation sites excluding steroid dienone is 5. The summed E-state index contributed by atoms with van der Waals surface area (Å²) in [5, 5.41) is 23.0. The summed E-state index contributed by atoms with van der Waals surface area (Å²) in [4.78, 5) is 24.5. The summed E-state index contributed by atoms with van der Waals surface area (Å²) in [5.41, 5.74) is 0. The maximum atomic E-state index is 12.4. The predicted octanol–water partition coefficient (Wildman–Crippen LogP) is 17.2. The molecule has 0 aromatic rings. The maximum Gasteiger partial charge on any atom is 0.305 e. The van der Waals surface area contributed by atoms with Crippen LogP contribution in [0.5, 0.6) is 0 Å². The first-order valence-electron chi connectivity index (χ1n) is 28.3. The lowest BCUT2D eigenvalue weighted by Crippen LogP contribution is -2.45. The molecule has 6 nitrogen and oxygen atoms in total. The van der Waals surface area contributed by atoms with Crippen molar-refractivity contribution < 1.29 is 24.5 Å². The van der Waals surface area contributed by atoms with E-state index >= 15 is 0 Å². The molecule has 6 heteroatoms. The highest BCUT2D eigenvalue weighted by molar-refractivity contribution is 5.76. The lowest BCUT2D eigenvalue weighted by Gasteiger charge is -2.20. The summed E-state index contributed by atoms with van der Waals surface area (Å²) in [6.07, 6.45) is 65.9. The van der Waals surface area contributed by atoms with Gasteiger partial charge in [0.15, 0.2) is 0 Å². The Morgan fingerprint density at radius 3 is 1.20 bits per heavy atom. The van der Waals surface area contributed by atoms with E-state index in [2.05, 4.69) is 43.5 Å². The Morgan fingerprint density at radius 2 is 0.781 bits per heavy atom. The fraction of sp³-hybridized carbons (Fsp3) is 0.862. The number of aliphatic hydroxyl groups is 2. The quantitative estimate of drug-likeness (QED) is 0.0321. The second kappa shape index (κ2) is 53.7. The number of ether oxygens (including phenoxy) is 1. The lowest BCUT2D eigenvalue weighted by molar-refractivity contribution is -0.143. The zero-order chi connectivity index (χ0) is 46.5. The molecule has 0 rings (SSSR count). The first-order valence-corrected chi connectivity index (χ1v) is 28.3. The van der Waals surface area contributed by atoms with Crippen LogP contribution in [0.2, 0.25) is 0 Å². The summed E-state index contributed by atoms with van der Waals surface area (Å²) in [6.45, 7) is 4.86. The average molecular weight is 901 g/mol. The molecule has 0 aromatic carbocycles. The van der Waals surface area contributed by atoms with Gasteiger partial charge in [-0.2, -0.15) is 0 Å². The summed E-state index contributed by atoms with van der Waals surface area (Å²) >= 11 is 0. The molecule has 0 heterocycles. The van der Waals surface area contributed by atoms with Crippen LogP contribution in [0.15, 0.2) is 36.5 Å². The standard InChI is InChI=1S/C58H109NO5/c1-3-5-7-9-11-13-15-16-17-25-28-32-36-40-44-48-52-58(63)64-53-49-45-41-37-33-29-26-23-21-19-18-20-22-24-27-31-35-39-43-47-51-57(62)59-55(54-60)56(61)50-46-42-38-34-30-14-12-10-8-6-4-2/h13,15,17,25,46,50,55-56,60-61H,3-12,14,16,18-24,26-45,47-49,51-54H2,1-2H3,(H,59,62)/b15-13-,25-17-,50-46+. The first kappa shape index (κ1) is 62.1. The van der Waals surface area contributed by atoms with E-state index in [-0.39, 0.29) is 18.5 Å². The van der Waals surface area contributed by atoms with Gasteiger partial charge in [0.1, 0.15) is 0 Å². The van der Waals surface area contributed by atoms with Crippen LogP contribution in [-0.2, 0) is 14.3 Å². The number of hydrogen-bond acceptors (Lipinski definition) is 5. The fourth-order valence-corrected chi connectivity index (χ4v) is 8.55. The molecule has 0 spiro atoms. The van der Waals surface area contributed by atoms with Crippen LogP contribution in [0, 0.1) is 0 Å². The van der Waals surface area contributed by atoms with Gasteiger partial charge in [0.2, 0.25) is 5.91 Å². The van der Waals surface area contributed by atoms with Crippen LogP contribution in [-0.4, -0.2) is 47.4 Å². The van der Waals surface area contributed by atoms with Crippen molar-refractivity contribution in [1.82, 2.24) is 5.32 Å². The minimum absolute atomic E-state index is 0.00397. The van der Waals surface area contributed by atoms with E-state index in [0.29, 0.717) is 19.4 Å². The van der Waals surface area contributed by atoms with E-state index in [9.17, 15) is 19.8 Å². The molecule has 0 radical (unpaired) electrons. The monoisotopic (exact) mass is 900 g/mol. The van der Waals surface area contributed by atoms with Crippen molar-refractivity contribution in [3.8, 4) is 0 Å². The molecule has 0 saturated carbocycles. The highest BCUT2D eigenvalue weighted by atomic mass is 16.5. The Hall–Kier alpha value is -1.92. The first-order chi connectivity index (χ1) is 31.5. The molecule has 0 aliphatic rings. The van der Waals surface area contributed by atoms with Crippen molar-refractivity contribution in [3.63, 3.8) is 0 Å². The maximum absolute atomic E-state index is 12.4. The number of carbonyl (C=O) groups is 2. The summed E-state index contributed by atoms with van der Waals surface area (Å²) in [7, 11) is 0. The number of amides is 1. The predicted molar refractivity (Wildman–Crippen MR) is 278 cm³/mol. The molecule has 64 heavy (non-hydrogen) atoms. The smallest absolute Gasteiger partial charge is 0.305 e. The number of esters is 1. The number of hydrogen-bond donors (Lipinski definition) is 3. The highest BCUT2D eigenvalue weighted by Crippen LogP contribution is 2.16. The van der Waals surface area contributed by atoms with Crippen LogP contribution in [0.25, 0.3) is 0 Å². The Balaban J connectivity index is 3.40. The summed E-state index contributed by atoms with van der Waals surface area (Å²) in [6, 6.07) is -0.628. The molecule has 0 aromatic heterocycles. The van der Waals surface area contributed by atoms with E-state index < -0.39 is 12.1 Å². The van der Waals surface area contributed by atoms with Crippen LogP contribution in [0.1, 0.15) is 296 Å². The van der Waals surface area contributed by atoms with Crippen molar-refractivity contribution in [3.05, 3.63) is 36.5 Å². The molecule has 0 bridgehead atoms. The normalized spacial score (nSPS) is 12.9. The van der Waals surface area contributed by atoms with Gasteiger partial charge in [0.25, 0.3) is 0 Å². The molecule has 376 valence electrons. The number of rotatable bonds is 52. The minimum Gasteiger partial charge on any atom is -0.466 e. The van der Waals surface area contributed by atoms with Crippen molar-refractivity contribution in [2.24, 2.45) is 0 Å².